The Morgan fingerprint density at radius 3 is 2.59 bits per heavy atom. The van der Waals surface area contributed by atoms with E-state index in [0.29, 0.717) is 18.2 Å². The molecule has 0 unspecified atom stereocenters. The van der Waals surface area contributed by atoms with Gasteiger partial charge >= 0.3 is 0 Å². The van der Waals surface area contributed by atoms with Gasteiger partial charge in [0.05, 0.1) is 6.26 Å². The molecule has 1 N–H and O–H groups in total. The summed E-state index contributed by atoms with van der Waals surface area (Å²) in [4.78, 5) is 26.4. The molecule has 34 heavy (non-hydrogen) atoms. The van der Waals surface area contributed by atoms with Crippen LogP contribution in [0.3, 0.4) is 0 Å². The summed E-state index contributed by atoms with van der Waals surface area (Å²) in [6.07, 6.45) is 8.96. The minimum absolute atomic E-state index is 0.0625. The molecule has 4 rings (SSSR count). The van der Waals surface area contributed by atoms with Crippen molar-refractivity contribution in [1.29, 1.82) is 0 Å². The fourth-order valence-corrected chi connectivity index (χ4v) is 5.56. The normalized spacial score (nSPS) is 18.1. The second-order valence-electron chi connectivity index (χ2n) is 9.13. The van der Waals surface area contributed by atoms with Crippen molar-refractivity contribution in [3.05, 3.63) is 47.8 Å². The van der Waals surface area contributed by atoms with Crippen LogP contribution in [0.1, 0.15) is 41.6 Å². The Bertz CT molecular complexity index is 1090. The first-order chi connectivity index (χ1) is 16.3. The van der Waals surface area contributed by atoms with Crippen LogP contribution in [-0.2, 0) is 16.4 Å². The molecule has 1 saturated heterocycles. The quantitative estimate of drug-likeness (QED) is 0.612. The van der Waals surface area contributed by atoms with Crippen LogP contribution in [0, 0.1) is 0 Å². The molecule has 1 amide bonds. The molecule has 0 aliphatic carbocycles. The van der Waals surface area contributed by atoms with Crippen LogP contribution in [0.4, 0.5) is 11.6 Å². The molecule has 2 aromatic heterocycles. The molecule has 0 spiro atoms. The Hall–Kier alpha value is -2.56. The number of nitrogens with zero attached hydrogens (tertiary/aromatic N) is 5. The fraction of sp³-hybridized carbons (Fsp3) is 0.542. The molecule has 0 radical (unpaired) electrons. The van der Waals surface area contributed by atoms with E-state index in [1.807, 2.05) is 29.2 Å². The minimum atomic E-state index is -3.15. The van der Waals surface area contributed by atoms with E-state index in [1.165, 1.54) is 10.6 Å². The van der Waals surface area contributed by atoms with Crippen LogP contribution < -0.4 is 5.32 Å². The van der Waals surface area contributed by atoms with Crippen LogP contribution in [0.25, 0.3) is 0 Å². The number of piperidine rings is 1. The number of carbonyl (C=O) groups is 1. The van der Waals surface area contributed by atoms with Gasteiger partial charge in [0.2, 0.25) is 10.0 Å². The molecule has 9 nitrogen and oxygen atoms in total. The lowest BCUT2D eigenvalue weighted by atomic mass is 10.0. The van der Waals surface area contributed by atoms with Gasteiger partial charge in [0.1, 0.15) is 11.6 Å². The molecule has 0 aromatic carbocycles. The van der Waals surface area contributed by atoms with Gasteiger partial charge in [-0.25, -0.2) is 22.7 Å². The molecule has 0 atom stereocenters. The highest BCUT2D eigenvalue weighted by molar-refractivity contribution is 7.88. The molecule has 1 fully saturated rings. The third kappa shape index (κ3) is 5.92. The highest BCUT2D eigenvalue weighted by atomic mass is 32.2. The average Bonchev–Trinajstić information content (AvgIpc) is 2.99. The number of pyridine rings is 2. The highest BCUT2D eigenvalue weighted by Crippen LogP contribution is 2.26. The molecule has 2 aliphatic heterocycles. The van der Waals surface area contributed by atoms with E-state index in [9.17, 15) is 13.2 Å². The standard InChI is InChI=1S/C24H34N6O3S/c1-28(34(2,32)33)19-10-17-29(18-11-19)14-6-16-30-15-5-7-20-21(24(30)31)9-13-26-23(20)27-22-8-3-4-12-25-22/h3-4,8-9,12-13,19H,5-7,10-11,14-18H2,1-2H3,(H,25,26,27). The van der Waals surface area contributed by atoms with Gasteiger partial charge in [0, 0.05) is 49.7 Å². The first-order valence-electron chi connectivity index (χ1n) is 11.9. The molecule has 10 heteroatoms. The van der Waals surface area contributed by atoms with E-state index in [-0.39, 0.29) is 11.9 Å². The number of fused-ring (bicyclic) bond motifs is 1. The smallest absolute Gasteiger partial charge is 0.254 e. The van der Waals surface area contributed by atoms with Gasteiger partial charge in [0.15, 0.2) is 0 Å². The van der Waals surface area contributed by atoms with Crippen molar-refractivity contribution in [1.82, 2.24) is 24.1 Å². The van der Waals surface area contributed by atoms with Crippen LogP contribution in [0.2, 0.25) is 0 Å². The Morgan fingerprint density at radius 2 is 1.88 bits per heavy atom. The number of amides is 1. The van der Waals surface area contributed by atoms with E-state index in [4.69, 9.17) is 0 Å². The zero-order chi connectivity index (χ0) is 24.1. The maximum atomic E-state index is 13.3. The number of likely N-dealkylation sites (tertiary alicyclic amines) is 1. The number of aromatic nitrogens is 2. The van der Waals surface area contributed by atoms with Crippen molar-refractivity contribution in [2.75, 3.05) is 51.3 Å². The predicted octanol–water partition coefficient (Wildman–Crippen LogP) is 2.35. The first-order valence-corrected chi connectivity index (χ1v) is 13.8. The van der Waals surface area contributed by atoms with Crippen molar-refractivity contribution in [2.45, 2.75) is 38.1 Å². The second-order valence-corrected chi connectivity index (χ2v) is 11.2. The van der Waals surface area contributed by atoms with Gasteiger partial charge < -0.3 is 15.1 Å². The summed E-state index contributed by atoms with van der Waals surface area (Å²) in [7, 11) is -1.48. The maximum absolute atomic E-state index is 13.3. The topological polar surface area (TPSA) is 98.7 Å². The minimum Gasteiger partial charge on any atom is -0.339 e. The molecule has 0 bridgehead atoms. The molecular formula is C24H34N6O3S. The number of carbonyl (C=O) groups excluding carboxylic acids is 1. The number of nitrogens with one attached hydrogen (secondary N) is 1. The van der Waals surface area contributed by atoms with Crippen LogP contribution in [-0.4, -0.2) is 90.5 Å². The molecule has 4 heterocycles. The molecule has 2 aromatic rings. The van der Waals surface area contributed by atoms with Gasteiger partial charge in [-0.15, -0.1) is 0 Å². The van der Waals surface area contributed by atoms with Crippen molar-refractivity contribution in [3.8, 4) is 0 Å². The van der Waals surface area contributed by atoms with E-state index in [0.717, 1.165) is 69.4 Å². The zero-order valence-corrected chi connectivity index (χ0v) is 20.8. The zero-order valence-electron chi connectivity index (χ0n) is 20.0. The molecule has 184 valence electrons. The van der Waals surface area contributed by atoms with Gasteiger partial charge in [-0.1, -0.05) is 6.07 Å². The van der Waals surface area contributed by atoms with Gasteiger partial charge in [-0.05, 0) is 69.9 Å². The van der Waals surface area contributed by atoms with Crippen molar-refractivity contribution in [3.63, 3.8) is 0 Å². The number of rotatable bonds is 8. The van der Waals surface area contributed by atoms with Crippen LogP contribution >= 0.6 is 0 Å². The Labute approximate surface area is 202 Å². The number of hydrogen-bond acceptors (Lipinski definition) is 7. The van der Waals surface area contributed by atoms with Crippen molar-refractivity contribution < 1.29 is 13.2 Å². The third-order valence-corrected chi connectivity index (χ3v) is 8.18. The van der Waals surface area contributed by atoms with Crippen LogP contribution in [0.5, 0.6) is 0 Å². The summed E-state index contributed by atoms with van der Waals surface area (Å²) < 4.78 is 25.1. The van der Waals surface area contributed by atoms with Crippen LogP contribution in [0.15, 0.2) is 36.7 Å². The van der Waals surface area contributed by atoms with Crippen molar-refractivity contribution >= 4 is 27.6 Å². The monoisotopic (exact) mass is 486 g/mol. The largest absolute Gasteiger partial charge is 0.339 e. The number of hydrogen-bond donors (Lipinski definition) is 1. The van der Waals surface area contributed by atoms with Gasteiger partial charge in [0.25, 0.3) is 5.91 Å². The molecule has 0 saturated carbocycles. The van der Waals surface area contributed by atoms with Gasteiger partial charge in [-0.3, -0.25) is 4.79 Å². The van der Waals surface area contributed by atoms with Gasteiger partial charge in [-0.2, -0.15) is 0 Å². The summed E-state index contributed by atoms with van der Waals surface area (Å²) in [6.45, 7) is 4.13. The van der Waals surface area contributed by atoms with Crippen molar-refractivity contribution in [2.24, 2.45) is 0 Å². The molecular weight excluding hydrogens is 452 g/mol. The summed E-state index contributed by atoms with van der Waals surface area (Å²) in [5.74, 6) is 1.48. The summed E-state index contributed by atoms with van der Waals surface area (Å²) in [5, 5.41) is 3.26. The highest BCUT2D eigenvalue weighted by Gasteiger charge is 2.28. The maximum Gasteiger partial charge on any atom is 0.254 e. The second kappa shape index (κ2) is 10.8. The Balaban J connectivity index is 1.31. The number of anilines is 2. The van der Waals surface area contributed by atoms with E-state index >= 15 is 0 Å². The lowest BCUT2D eigenvalue weighted by Gasteiger charge is -2.36. The fourth-order valence-electron chi connectivity index (χ4n) is 4.81. The first kappa shape index (κ1) is 24.6. The lowest BCUT2D eigenvalue weighted by molar-refractivity contribution is 0.0749. The SMILES string of the molecule is CN(C1CCN(CCCN2CCCc3c(ccnc3Nc3ccccn3)C2=O)CC1)S(C)(=O)=O. The summed E-state index contributed by atoms with van der Waals surface area (Å²) in [6, 6.07) is 7.56. The predicted molar refractivity (Wildman–Crippen MR) is 133 cm³/mol. The lowest BCUT2D eigenvalue weighted by Crippen LogP contribution is -2.45. The summed E-state index contributed by atoms with van der Waals surface area (Å²) >= 11 is 0. The number of sulfonamides is 1. The van der Waals surface area contributed by atoms with E-state index in [2.05, 4.69) is 20.2 Å². The van der Waals surface area contributed by atoms with E-state index < -0.39 is 10.0 Å². The molecule has 2 aliphatic rings. The average molecular weight is 487 g/mol. The third-order valence-electron chi connectivity index (χ3n) is 6.84. The summed E-state index contributed by atoms with van der Waals surface area (Å²) in [5.41, 5.74) is 1.67. The Kier molecular flexibility index (Phi) is 7.80. The Morgan fingerprint density at radius 1 is 1.09 bits per heavy atom. The van der Waals surface area contributed by atoms with E-state index in [1.54, 1.807) is 19.4 Å².